The van der Waals surface area contributed by atoms with Crippen molar-refractivity contribution >= 4 is 29.4 Å². The molecule has 148 valence electrons. The number of likely N-dealkylation sites (N-methyl/N-ethyl adjacent to an activating group) is 1. The Kier molecular flexibility index (Phi) is 7.83. The fraction of sp³-hybridized carbons (Fsp3) is 0.250. The fourth-order valence-electron chi connectivity index (χ4n) is 2.30. The van der Waals surface area contributed by atoms with Crippen LogP contribution in [0.1, 0.15) is 15.9 Å². The van der Waals surface area contributed by atoms with Gasteiger partial charge in [0.25, 0.3) is 11.8 Å². The van der Waals surface area contributed by atoms with Crippen LogP contribution in [0.5, 0.6) is 5.75 Å². The average molecular weight is 405 g/mol. The van der Waals surface area contributed by atoms with Crippen LogP contribution in [0.15, 0.2) is 48.5 Å². The van der Waals surface area contributed by atoms with E-state index >= 15 is 0 Å². The van der Waals surface area contributed by atoms with E-state index in [1.54, 1.807) is 49.5 Å². The van der Waals surface area contributed by atoms with Crippen molar-refractivity contribution in [2.24, 2.45) is 0 Å². The maximum atomic E-state index is 12.1. The summed E-state index contributed by atoms with van der Waals surface area (Å²) in [5.74, 6) is -0.874. The summed E-state index contributed by atoms with van der Waals surface area (Å²) in [6.07, 6.45) is 0. The molecule has 0 fully saturated rings. The lowest BCUT2D eigenvalue weighted by Crippen LogP contribution is -2.34. The molecule has 0 saturated heterocycles. The number of ether oxygens (including phenoxy) is 2. The first-order chi connectivity index (χ1) is 13.4. The van der Waals surface area contributed by atoms with Crippen molar-refractivity contribution in [3.63, 3.8) is 0 Å². The summed E-state index contributed by atoms with van der Waals surface area (Å²) in [6, 6.07) is 13.6. The predicted molar refractivity (Wildman–Crippen MR) is 104 cm³/mol. The van der Waals surface area contributed by atoms with E-state index in [9.17, 15) is 14.4 Å². The van der Waals surface area contributed by atoms with Gasteiger partial charge in [-0.25, -0.2) is 0 Å². The van der Waals surface area contributed by atoms with Gasteiger partial charge in [-0.3, -0.25) is 14.4 Å². The molecule has 0 radical (unpaired) electrons. The average Bonchev–Trinajstić information content (AvgIpc) is 2.70. The van der Waals surface area contributed by atoms with E-state index < -0.39 is 18.5 Å². The van der Waals surface area contributed by atoms with E-state index in [2.05, 4.69) is 5.32 Å². The van der Waals surface area contributed by atoms with Crippen LogP contribution < -0.4 is 10.1 Å². The third-order valence-electron chi connectivity index (χ3n) is 3.84. The fourth-order valence-corrected chi connectivity index (χ4v) is 2.51. The Labute approximate surface area is 168 Å². The minimum Gasteiger partial charge on any atom is -0.497 e. The van der Waals surface area contributed by atoms with Gasteiger partial charge in [0, 0.05) is 24.2 Å². The van der Waals surface area contributed by atoms with Crippen LogP contribution in [0.3, 0.4) is 0 Å². The van der Waals surface area contributed by atoms with E-state index in [0.29, 0.717) is 22.9 Å². The third kappa shape index (κ3) is 6.59. The molecule has 0 saturated carbocycles. The maximum Gasteiger partial charge on any atom is 0.325 e. The lowest BCUT2D eigenvalue weighted by atomic mass is 10.2. The van der Waals surface area contributed by atoms with Gasteiger partial charge in [0.05, 0.1) is 7.11 Å². The normalized spacial score (nSPS) is 10.1. The smallest absolute Gasteiger partial charge is 0.325 e. The molecule has 1 N–H and O–H groups in total. The van der Waals surface area contributed by atoms with Gasteiger partial charge < -0.3 is 19.7 Å². The van der Waals surface area contributed by atoms with Crippen LogP contribution in [0.25, 0.3) is 0 Å². The van der Waals surface area contributed by atoms with Crippen molar-refractivity contribution in [1.82, 2.24) is 10.2 Å². The molecular weight excluding hydrogens is 384 g/mol. The molecule has 0 aliphatic heterocycles. The van der Waals surface area contributed by atoms with Gasteiger partial charge in [0.2, 0.25) is 0 Å². The van der Waals surface area contributed by atoms with Crippen molar-refractivity contribution in [1.29, 1.82) is 0 Å². The summed E-state index contributed by atoms with van der Waals surface area (Å²) in [4.78, 5) is 37.2. The monoisotopic (exact) mass is 404 g/mol. The van der Waals surface area contributed by atoms with E-state index in [1.165, 1.54) is 12.0 Å². The molecule has 0 atom stereocenters. The second kappa shape index (κ2) is 10.3. The number of carbonyl (C=O) groups is 3. The van der Waals surface area contributed by atoms with Crippen LogP contribution in [0.2, 0.25) is 5.02 Å². The molecule has 0 unspecified atom stereocenters. The number of halogens is 1. The number of carbonyl (C=O) groups excluding carboxylic acids is 3. The molecule has 2 rings (SSSR count). The highest BCUT2D eigenvalue weighted by Gasteiger charge is 2.14. The molecule has 2 aromatic rings. The van der Waals surface area contributed by atoms with Crippen molar-refractivity contribution in [3.05, 3.63) is 64.7 Å². The summed E-state index contributed by atoms with van der Waals surface area (Å²) < 4.78 is 9.93. The van der Waals surface area contributed by atoms with Crippen LogP contribution in [0.4, 0.5) is 0 Å². The highest BCUT2D eigenvalue weighted by Crippen LogP contribution is 2.12. The molecule has 2 amide bonds. The second-order valence-corrected chi connectivity index (χ2v) is 6.39. The minimum atomic E-state index is -0.702. The van der Waals surface area contributed by atoms with Crippen LogP contribution in [-0.4, -0.2) is 50.0 Å². The molecule has 0 aromatic heterocycles. The van der Waals surface area contributed by atoms with Crippen molar-refractivity contribution in [2.45, 2.75) is 6.54 Å². The number of amides is 2. The maximum absolute atomic E-state index is 12.1. The molecule has 0 aliphatic rings. The Morgan fingerprint density at radius 3 is 2.46 bits per heavy atom. The number of rotatable bonds is 8. The Morgan fingerprint density at radius 2 is 1.82 bits per heavy atom. The number of hydrogen-bond acceptors (Lipinski definition) is 5. The first kappa shape index (κ1) is 21.2. The highest BCUT2D eigenvalue weighted by molar-refractivity contribution is 6.30. The van der Waals surface area contributed by atoms with Gasteiger partial charge in [-0.05, 0) is 42.0 Å². The zero-order chi connectivity index (χ0) is 20.5. The quantitative estimate of drug-likeness (QED) is 0.682. The van der Waals surface area contributed by atoms with Gasteiger partial charge in [-0.15, -0.1) is 0 Å². The Balaban J connectivity index is 1.73. The van der Waals surface area contributed by atoms with Crippen LogP contribution in [0, 0.1) is 0 Å². The first-order valence-electron chi connectivity index (χ1n) is 8.45. The second-order valence-electron chi connectivity index (χ2n) is 5.95. The highest BCUT2D eigenvalue weighted by atomic mass is 35.5. The molecule has 0 aliphatic carbocycles. The first-order valence-corrected chi connectivity index (χ1v) is 8.83. The van der Waals surface area contributed by atoms with Gasteiger partial charge in [0.1, 0.15) is 12.3 Å². The summed E-state index contributed by atoms with van der Waals surface area (Å²) >= 11 is 5.92. The van der Waals surface area contributed by atoms with E-state index in [0.717, 1.165) is 5.56 Å². The zero-order valence-electron chi connectivity index (χ0n) is 15.6. The van der Waals surface area contributed by atoms with Crippen LogP contribution in [-0.2, 0) is 20.9 Å². The van der Waals surface area contributed by atoms with Crippen molar-refractivity contribution in [3.8, 4) is 5.75 Å². The van der Waals surface area contributed by atoms with E-state index in [-0.39, 0.29) is 12.5 Å². The SMILES string of the molecule is COc1ccc(C(=O)NCC(=O)OCC(=O)N(C)Cc2cccc(Cl)c2)cc1. The van der Waals surface area contributed by atoms with E-state index in [4.69, 9.17) is 21.1 Å². The number of esters is 1. The Morgan fingerprint density at radius 1 is 1.11 bits per heavy atom. The molecular formula is C20H21ClN2O5. The zero-order valence-corrected chi connectivity index (χ0v) is 16.4. The predicted octanol–water partition coefficient (Wildman–Crippen LogP) is 2.28. The summed E-state index contributed by atoms with van der Waals surface area (Å²) in [5, 5.41) is 3.02. The Bertz CT molecular complexity index is 839. The minimum absolute atomic E-state index is 0.337. The Hall–Kier alpha value is -3.06. The largest absolute Gasteiger partial charge is 0.497 e. The molecule has 7 nitrogen and oxygen atoms in total. The molecule has 28 heavy (non-hydrogen) atoms. The third-order valence-corrected chi connectivity index (χ3v) is 4.07. The van der Waals surface area contributed by atoms with Gasteiger partial charge >= 0.3 is 5.97 Å². The molecule has 8 heteroatoms. The number of benzene rings is 2. The van der Waals surface area contributed by atoms with Gasteiger partial charge in [-0.1, -0.05) is 23.7 Å². The van der Waals surface area contributed by atoms with E-state index in [1.807, 2.05) is 6.07 Å². The standard InChI is InChI=1S/C20H21ClN2O5/c1-23(12-14-4-3-5-16(21)10-14)18(24)13-28-19(25)11-22-20(26)15-6-8-17(27-2)9-7-15/h3-10H,11-13H2,1-2H3,(H,22,26). The summed E-state index contributed by atoms with van der Waals surface area (Å²) in [5.41, 5.74) is 1.24. The van der Waals surface area contributed by atoms with Gasteiger partial charge in [-0.2, -0.15) is 0 Å². The number of nitrogens with one attached hydrogen (secondary N) is 1. The topological polar surface area (TPSA) is 84.9 Å². The van der Waals surface area contributed by atoms with Crippen molar-refractivity contribution in [2.75, 3.05) is 27.3 Å². The van der Waals surface area contributed by atoms with Crippen LogP contribution >= 0.6 is 11.6 Å². The summed E-state index contributed by atoms with van der Waals surface area (Å²) in [6.45, 7) is -0.407. The number of methoxy groups -OCH3 is 1. The molecule has 0 heterocycles. The lowest BCUT2D eigenvalue weighted by Gasteiger charge is -2.17. The molecule has 0 spiro atoms. The number of hydrogen-bond donors (Lipinski definition) is 1. The molecule has 2 aromatic carbocycles. The number of nitrogens with zero attached hydrogens (tertiary/aromatic N) is 1. The molecule has 0 bridgehead atoms. The van der Waals surface area contributed by atoms with Gasteiger partial charge in [0.15, 0.2) is 6.61 Å². The lowest BCUT2D eigenvalue weighted by molar-refractivity contribution is -0.150. The summed E-state index contributed by atoms with van der Waals surface area (Å²) in [7, 11) is 3.13. The van der Waals surface area contributed by atoms with Crippen molar-refractivity contribution < 1.29 is 23.9 Å².